The fourth-order valence-corrected chi connectivity index (χ4v) is 9.09. The molecule has 2 saturated heterocycles. The molecule has 7 nitrogen and oxygen atoms in total. The van der Waals surface area contributed by atoms with Crippen molar-refractivity contribution in [3.05, 3.63) is 90.0 Å². The van der Waals surface area contributed by atoms with Gasteiger partial charge in [0.05, 0.1) is 22.0 Å². The van der Waals surface area contributed by atoms with E-state index in [9.17, 15) is 4.21 Å². The van der Waals surface area contributed by atoms with E-state index in [4.69, 9.17) is 5.73 Å². The normalized spacial score (nSPS) is 21.7. The summed E-state index contributed by atoms with van der Waals surface area (Å²) < 4.78 is 15.1. The number of hydrogen-bond acceptors (Lipinski definition) is 6. The quantitative estimate of drug-likeness (QED) is 0.296. The maximum absolute atomic E-state index is 12.8. The molecule has 0 spiro atoms. The summed E-state index contributed by atoms with van der Waals surface area (Å²) in [7, 11) is 0.343. The Morgan fingerprint density at radius 2 is 1.72 bits per heavy atom. The van der Waals surface area contributed by atoms with Crippen LogP contribution in [0.2, 0.25) is 0 Å². The molecule has 0 radical (unpaired) electrons. The number of benzene rings is 2. The van der Waals surface area contributed by atoms with Crippen molar-refractivity contribution in [3.63, 3.8) is 0 Å². The Balaban J connectivity index is 1.07. The second-order valence-electron chi connectivity index (χ2n) is 12.7. The van der Waals surface area contributed by atoms with E-state index in [1.54, 1.807) is 13.3 Å². The predicted molar refractivity (Wildman–Crippen MR) is 177 cm³/mol. The first-order valence-electron chi connectivity index (χ1n) is 15.9. The molecule has 3 aromatic rings. The molecule has 6 rings (SSSR count). The first-order chi connectivity index (χ1) is 21.1. The molecule has 3 fully saturated rings. The SMILES string of the molecule is CN=CC(=CN)S(=O)c1ccc(N2CC(CN3CCC(C(Cn4ccnc4)(c4ccccc4)C4CCCC4)CC3)C2)cc1. The van der Waals surface area contributed by atoms with Gasteiger partial charge in [-0.1, -0.05) is 43.2 Å². The van der Waals surface area contributed by atoms with E-state index >= 15 is 0 Å². The number of likely N-dealkylation sites (tertiary alicyclic amines) is 1. The van der Waals surface area contributed by atoms with E-state index in [0.717, 1.165) is 30.4 Å². The van der Waals surface area contributed by atoms with Crippen molar-refractivity contribution >= 4 is 22.7 Å². The largest absolute Gasteiger partial charge is 0.404 e. The highest BCUT2D eigenvalue weighted by Crippen LogP contribution is 2.51. The smallest absolute Gasteiger partial charge is 0.0946 e. The maximum Gasteiger partial charge on any atom is 0.0946 e. The monoisotopic (exact) mass is 598 g/mol. The number of imidazole rings is 1. The van der Waals surface area contributed by atoms with Crippen LogP contribution in [0.15, 0.2) is 94.3 Å². The van der Waals surface area contributed by atoms with Crippen LogP contribution < -0.4 is 10.6 Å². The highest BCUT2D eigenvalue weighted by atomic mass is 32.2. The van der Waals surface area contributed by atoms with E-state index in [-0.39, 0.29) is 5.41 Å². The molecule has 1 saturated carbocycles. The Morgan fingerprint density at radius 1 is 1.02 bits per heavy atom. The highest BCUT2D eigenvalue weighted by Gasteiger charge is 2.48. The van der Waals surface area contributed by atoms with Gasteiger partial charge in [0.1, 0.15) is 0 Å². The molecule has 3 heterocycles. The molecule has 2 aliphatic heterocycles. The van der Waals surface area contributed by atoms with Crippen molar-refractivity contribution < 1.29 is 4.21 Å². The molecule has 43 heavy (non-hydrogen) atoms. The molecule has 0 bridgehead atoms. The zero-order valence-corrected chi connectivity index (χ0v) is 26.2. The van der Waals surface area contributed by atoms with Gasteiger partial charge in [-0.3, -0.25) is 4.99 Å². The molecule has 1 aromatic heterocycles. The summed E-state index contributed by atoms with van der Waals surface area (Å²) in [5.41, 5.74) is 8.54. The minimum atomic E-state index is -1.31. The fourth-order valence-electron chi connectivity index (χ4n) is 8.11. The van der Waals surface area contributed by atoms with E-state index in [1.807, 2.05) is 24.7 Å². The van der Waals surface area contributed by atoms with E-state index in [2.05, 4.69) is 73.0 Å². The lowest BCUT2D eigenvalue weighted by molar-refractivity contribution is 0.0646. The summed E-state index contributed by atoms with van der Waals surface area (Å²) in [6, 6.07) is 19.5. The van der Waals surface area contributed by atoms with Gasteiger partial charge in [-0.05, 0) is 80.4 Å². The molecular formula is C35H46N6OS. The molecular weight excluding hydrogens is 552 g/mol. The van der Waals surface area contributed by atoms with Gasteiger partial charge in [0.25, 0.3) is 0 Å². The second kappa shape index (κ2) is 13.6. The Kier molecular flexibility index (Phi) is 9.43. The van der Waals surface area contributed by atoms with Crippen LogP contribution in [0.4, 0.5) is 5.69 Å². The van der Waals surface area contributed by atoms with Crippen LogP contribution in [-0.2, 0) is 22.8 Å². The molecule has 2 aromatic carbocycles. The Bertz CT molecular complexity index is 1390. The van der Waals surface area contributed by atoms with Gasteiger partial charge < -0.3 is 20.1 Å². The van der Waals surface area contributed by atoms with Crippen LogP contribution in [0.25, 0.3) is 0 Å². The lowest BCUT2D eigenvalue weighted by Gasteiger charge is -2.50. The van der Waals surface area contributed by atoms with Crippen LogP contribution in [-0.4, -0.2) is 64.6 Å². The van der Waals surface area contributed by atoms with Crippen molar-refractivity contribution in [3.8, 4) is 0 Å². The van der Waals surface area contributed by atoms with Crippen LogP contribution in [0, 0.1) is 17.8 Å². The molecule has 3 aliphatic rings. The van der Waals surface area contributed by atoms with Crippen LogP contribution in [0.3, 0.4) is 0 Å². The Morgan fingerprint density at radius 3 is 2.35 bits per heavy atom. The summed E-state index contributed by atoms with van der Waals surface area (Å²) in [6.07, 6.45) is 17.0. The molecule has 1 aliphatic carbocycles. The standard InChI is InChI=1S/C35H46N6OS/c1-37-22-34(21-36)43(42)33-13-11-32(12-14-33)41-24-28(25-41)23-39-18-15-31(16-19-39)35(30-9-5-6-10-30,26-40-20-17-38-27-40)29-7-3-2-4-8-29/h2-4,7-8,11-14,17,20-22,27-28,30-31H,5-6,9-10,15-16,18-19,23-26,36H2,1H3. The van der Waals surface area contributed by atoms with Gasteiger partial charge in [-0.2, -0.15) is 0 Å². The van der Waals surface area contributed by atoms with Crippen molar-refractivity contribution in [2.24, 2.45) is 28.5 Å². The fraction of sp³-hybridized carbons (Fsp3) is 0.486. The Hall–Kier alpha value is -3.23. The van der Waals surface area contributed by atoms with E-state index in [1.165, 1.54) is 75.6 Å². The van der Waals surface area contributed by atoms with Gasteiger partial charge in [-0.15, -0.1) is 0 Å². The zero-order chi connectivity index (χ0) is 29.6. The van der Waals surface area contributed by atoms with Gasteiger partial charge in [0, 0.05) is 80.0 Å². The van der Waals surface area contributed by atoms with Crippen molar-refractivity contribution in [1.29, 1.82) is 0 Å². The molecule has 2 atom stereocenters. The van der Waals surface area contributed by atoms with Crippen LogP contribution in [0.5, 0.6) is 0 Å². The number of rotatable bonds is 11. The van der Waals surface area contributed by atoms with Gasteiger partial charge >= 0.3 is 0 Å². The van der Waals surface area contributed by atoms with E-state index < -0.39 is 10.8 Å². The third-order valence-corrected chi connectivity index (χ3v) is 11.6. The number of allylic oxidation sites excluding steroid dienone is 1. The summed E-state index contributed by atoms with van der Waals surface area (Å²) in [6.45, 7) is 6.74. The molecule has 2 N–H and O–H groups in total. The number of nitrogens with two attached hydrogens (primary N) is 1. The second-order valence-corrected chi connectivity index (χ2v) is 14.2. The molecule has 8 heteroatoms. The predicted octanol–water partition coefficient (Wildman–Crippen LogP) is 5.47. The molecule has 0 amide bonds. The number of anilines is 1. The van der Waals surface area contributed by atoms with Crippen LogP contribution >= 0.6 is 0 Å². The minimum absolute atomic E-state index is 0.164. The Labute approximate surface area is 259 Å². The van der Waals surface area contributed by atoms with Gasteiger partial charge in [0.15, 0.2) is 0 Å². The summed E-state index contributed by atoms with van der Waals surface area (Å²) in [4.78, 5) is 14.8. The highest BCUT2D eigenvalue weighted by molar-refractivity contribution is 7.90. The lowest BCUT2D eigenvalue weighted by atomic mass is 9.59. The topological polar surface area (TPSA) is 79.8 Å². The lowest BCUT2D eigenvalue weighted by Crippen LogP contribution is -2.54. The summed E-state index contributed by atoms with van der Waals surface area (Å²) in [5.74, 6) is 2.10. The van der Waals surface area contributed by atoms with Crippen molar-refractivity contribution in [2.75, 3.05) is 44.7 Å². The number of aromatic nitrogens is 2. The number of piperidine rings is 1. The van der Waals surface area contributed by atoms with Crippen molar-refractivity contribution in [2.45, 2.75) is 55.4 Å². The summed E-state index contributed by atoms with van der Waals surface area (Å²) >= 11 is 0. The van der Waals surface area contributed by atoms with Crippen LogP contribution in [0.1, 0.15) is 44.1 Å². The maximum atomic E-state index is 12.8. The molecule has 228 valence electrons. The minimum Gasteiger partial charge on any atom is -0.404 e. The first kappa shape index (κ1) is 29.8. The number of nitrogens with zero attached hydrogens (tertiary/aromatic N) is 5. The third kappa shape index (κ3) is 6.36. The summed E-state index contributed by atoms with van der Waals surface area (Å²) in [5, 5.41) is 0. The first-order valence-corrected chi connectivity index (χ1v) is 17.1. The van der Waals surface area contributed by atoms with Gasteiger partial charge in [0.2, 0.25) is 0 Å². The van der Waals surface area contributed by atoms with Gasteiger partial charge in [-0.25, -0.2) is 9.19 Å². The molecule has 2 unspecified atom stereocenters. The third-order valence-electron chi connectivity index (χ3n) is 10.2. The van der Waals surface area contributed by atoms with Crippen molar-refractivity contribution in [1.82, 2.24) is 14.5 Å². The number of aliphatic imine (C=N–C) groups is 1. The average Bonchev–Trinajstić information content (AvgIpc) is 3.76. The zero-order valence-electron chi connectivity index (χ0n) is 25.4. The van der Waals surface area contributed by atoms with E-state index in [0.29, 0.717) is 16.7 Å². The number of hydrogen-bond donors (Lipinski definition) is 1. The average molecular weight is 599 g/mol.